The van der Waals surface area contributed by atoms with Gasteiger partial charge >= 0.3 is 0 Å². The zero-order valence-electron chi connectivity index (χ0n) is 15.0. The highest BCUT2D eigenvalue weighted by Crippen LogP contribution is 2.45. The molecule has 0 radical (unpaired) electrons. The average Bonchev–Trinajstić information content (AvgIpc) is 3.18. The first-order valence-electron chi connectivity index (χ1n) is 8.67. The Morgan fingerprint density at radius 1 is 1.32 bits per heavy atom. The Hall–Kier alpha value is -2.76. The van der Waals surface area contributed by atoms with E-state index in [2.05, 4.69) is 16.8 Å². The molecule has 0 aliphatic carbocycles. The molecule has 1 atom stereocenters. The number of phenolic OH excluding ortho intramolecular Hbond substituents is 1. The number of nitrogens with zero attached hydrogens (tertiary/aromatic N) is 2. The highest BCUT2D eigenvalue weighted by atomic mass is 35.5. The maximum absolute atomic E-state index is 13.0. The minimum atomic E-state index is -0.410. The van der Waals surface area contributed by atoms with Gasteiger partial charge in [0.25, 0.3) is 5.91 Å². The number of phenols is 1. The molecule has 1 aliphatic heterocycles. The molecule has 1 aromatic heterocycles. The van der Waals surface area contributed by atoms with Gasteiger partial charge in [-0.1, -0.05) is 41.4 Å². The number of aromatic hydroxyl groups is 1. The molecule has 1 amide bonds. The topological polar surface area (TPSA) is 69.2 Å². The number of aryl methyl sites for hydroxylation is 1. The number of benzene rings is 2. The van der Waals surface area contributed by atoms with E-state index in [0.29, 0.717) is 39.1 Å². The first-order valence-corrected chi connectivity index (χ1v) is 9.43. The Kier molecular flexibility index (Phi) is 4.65. The molecule has 0 spiro atoms. The Balaban J connectivity index is 1.95. The predicted octanol–water partition coefficient (Wildman–Crippen LogP) is 5.13. The van der Waals surface area contributed by atoms with E-state index in [0.717, 1.165) is 11.1 Å². The molecule has 3 aromatic rings. The minimum Gasteiger partial charge on any atom is -0.507 e. The van der Waals surface area contributed by atoms with Gasteiger partial charge in [-0.2, -0.15) is 5.10 Å². The quantitative estimate of drug-likeness (QED) is 0.582. The van der Waals surface area contributed by atoms with Gasteiger partial charge in [0.2, 0.25) is 0 Å². The Labute approximate surface area is 172 Å². The maximum atomic E-state index is 13.0. The van der Waals surface area contributed by atoms with Crippen molar-refractivity contribution in [1.82, 2.24) is 15.1 Å². The number of nitrogens with one attached hydrogen (secondary N) is 1. The van der Waals surface area contributed by atoms with Crippen molar-refractivity contribution in [3.63, 3.8) is 0 Å². The fourth-order valence-corrected chi connectivity index (χ4v) is 3.97. The standard InChI is InChI=1S/C21H17Cl2N3O2/c1-3-7-26-20(12-5-4-6-13(22)9-12)17-18(24-25-19(17)21(26)28)14-10-15(23)11(2)8-16(14)27/h3-6,8-10,20,27H,1,7H2,2H3,(H,24,25). The van der Waals surface area contributed by atoms with Crippen LogP contribution in [0, 0.1) is 6.92 Å². The summed E-state index contributed by atoms with van der Waals surface area (Å²) < 4.78 is 0. The molecular formula is C21H17Cl2N3O2. The predicted molar refractivity (Wildman–Crippen MR) is 110 cm³/mol. The number of aromatic amines is 1. The summed E-state index contributed by atoms with van der Waals surface area (Å²) in [5.74, 6) is -0.132. The number of halogens is 2. The van der Waals surface area contributed by atoms with Crippen molar-refractivity contribution in [3.05, 3.63) is 81.5 Å². The Morgan fingerprint density at radius 2 is 2.11 bits per heavy atom. The van der Waals surface area contributed by atoms with Crippen molar-refractivity contribution in [2.45, 2.75) is 13.0 Å². The van der Waals surface area contributed by atoms with E-state index < -0.39 is 6.04 Å². The smallest absolute Gasteiger partial charge is 0.273 e. The molecule has 1 aliphatic rings. The lowest BCUT2D eigenvalue weighted by Crippen LogP contribution is -2.29. The molecule has 142 valence electrons. The summed E-state index contributed by atoms with van der Waals surface area (Å²) in [5.41, 5.74) is 3.63. The average molecular weight is 414 g/mol. The lowest BCUT2D eigenvalue weighted by Gasteiger charge is -2.25. The van der Waals surface area contributed by atoms with Crippen LogP contribution in [-0.2, 0) is 0 Å². The number of H-pyrrole nitrogens is 1. The lowest BCUT2D eigenvalue weighted by atomic mass is 9.95. The summed E-state index contributed by atoms with van der Waals surface area (Å²) in [6, 6.07) is 10.2. The number of carbonyl (C=O) groups excluding carboxylic acids is 1. The molecule has 2 heterocycles. The Bertz CT molecular complexity index is 1110. The van der Waals surface area contributed by atoms with Crippen molar-refractivity contribution < 1.29 is 9.90 Å². The number of rotatable bonds is 4. The van der Waals surface area contributed by atoms with Gasteiger partial charge in [-0.15, -0.1) is 6.58 Å². The zero-order chi connectivity index (χ0) is 20.0. The second-order valence-electron chi connectivity index (χ2n) is 6.68. The van der Waals surface area contributed by atoms with Crippen molar-refractivity contribution in [3.8, 4) is 17.0 Å². The van der Waals surface area contributed by atoms with Crippen LogP contribution in [0.2, 0.25) is 10.0 Å². The van der Waals surface area contributed by atoms with Crippen molar-refractivity contribution in [2.75, 3.05) is 6.54 Å². The monoisotopic (exact) mass is 413 g/mol. The van der Waals surface area contributed by atoms with Crippen LogP contribution in [-0.4, -0.2) is 32.7 Å². The van der Waals surface area contributed by atoms with Gasteiger partial charge in [-0.05, 0) is 42.3 Å². The van der Waals surface area contributed by atoms with Gasteiger partial charge in [0.1, 0.15) is 17.1 Å². The van der Waals surface area contributed by atoms with Gasteiger partial charge in [-0.25, -0.2) is 0 Å². The third-order valence-corrected chi connectivity index (χ3v) is 5.53. The van der Waals surface area contributed by atoms with Crippen LogP contribution in [0.4, 0.5) is 0 Å². The van der Waals surface area contributed by atoms with E-state index in [1.807, 2.05) is 25.1 Å². The van der Waals surface area contributed by atoms with Crippen LogP contribution in [0.3, 0.4) is 0 Å². The van der Waals surface area contributed by atoms with Crippen LogP contribution in [0.5, 0.6) is 5.75 Å². The summed E-state index contributed by atoms with van der Waals surface area (Å²) in [7, 11) is 0. The van der Waals surface area contributed by atoms with Crippen LogP contribution in [0.25, 0.3) is 11.3 Å². The number of carbonyl (C=O) groups is 1. The second kappa shape index (κ2) is 7.00. The Morgan fingerprint density at radius 3 is 2.82 bits per heavy atom. The van der Waals surface area contributed by atoms with E-state index in [1.165, 1.54) is 0 Å². The van der Waals surface area contributed by atoms with Crippen molar-refractivity contribution in [2.24, 2.45) is 0 Å². The van der Waals surface area contributed by atoms with Gasteiger partial charge in [0.15, 0.2) is 0 Å². The largest absolute Gasteiger partial charge is 0.507 e. The maximum Gasteiger partial charge on any atom is 0.273 e. The summed E-state index contributed by atoms with van der Waals surface area (Å²) in [6.45, 7) is 5.93. The van der Waals surface area contributed by atoms with E-state index in [1.54, 1.807) is 29.2 Å². The summed E-state index contributed by atoms with van der Waals surface area (Å²) in [4.78, 5) is 14.7. The van der Waals surface area contributed by atoms with Crippen LogP contribution in [0.1, 0.15) is 33.2 Å². The fraction of sp³-hybridized carbons (Fsp3) is 0.143. The highest BCUT2D eigenvalue weighted by molar-refractivity contribution is 6.31. The molecule has 1 unspecified atom stereocenters. The normalized spacial score (nSPS) is 15.8. The molecule has 0 saturated heterocycles. The number of hydrogen-bond donors (Lipinski definition) is 2. The van der Waals surface area contributed by atoms with E-state index in [4.69, 9.17) is 23.2 Å². The number of amides is 1. The summed E-state index contributed by atoms with van der Waals surface area (Å²) in [5, 5.41) is 18.8. The van der Waals surface area contributed by atoms with Crippen LogP contribution >= 0.6 is 23.2 Å². The van der Waals surface area contributed by atoms with Gasteiger partial charge in [-0.3, -0.25) is 9.89 Å². The third kappa shape index (κ3) is 2.87. The lowest BCUT2D eigenvalue weighted by molar-refractivity contribution is 0.0764. The molecule has 2 N–H and O–H groups in total. The summed E-state index contributed by atoms with van der Waals surface area (Å²) in [6.07, 6.45) is 1.68. The molecule has 2 aromatic carbocycles. The molecule has 0 fully saturated rings. The van der Waals surface area contributed by atoms with Gasteiger partial charge in [0.05, 0.1) is 6.04 Å². The first-order chi connectivity index (χ1) is 13.4. The first kappa shape index (κ1) is 18.6. The molecule has 0 saturated carbocycles. The molecule has 7 heteroatoms. The van der Waals surface area contributed by atoms with Gasteiger partial charge in [0, 0.05) is 27.7 Å². The van der Waals surface area contributed by atoms with E-state index in [9.17, 15) is 9.90 Å². The third-order valence-electron chi connectivity index (χ3n) is 4.89. The second-order valence-corrected chi connectivity index (χ2v) is 7.53. The number of hydrogen-bond acceptors (Lipinski definition) is 3. The number of fused-ring (bicyclic) bond motifs is 1. The number of aromatic nitrogens is 2. The zero-order valence-corrected chi connectivity index (χ0v) is 16.6. The molecular weight excluding hydrogens is 397 g/mol. The summed E-state index contributed by atoms with van der Waals surface area (Å²) >= 11 is 12.5. The van der Waals surface area contributed by atoms with E-state index in [-0.39, 0.29) is 11.7 Å². The molecule has 0 bridgehead atoms. The molecule has 4 rings (SSSR count). The molecule has 5 nitrogen and oxygen atoms in total. The van der Waals surface area contributed by atoms with Crippen molar-refractivity contribution in [1.29, 1.82) is 0 Å². The minimum absolute atomic E-state index is 0.0515. The molecule has 28 heavy (non-hydrogen) atoms. The fourth-order valence-electron chi connectivity index (χ4n) is 3.61. The van der Waals surface area contributed by atoms with E-state index >= 15 is 0 Å². The highest BCUT2D eigenvalue weighted by Gasteiger charge is 2.42. The van der Waals surface area contributed by atoms with Crippen LogP contribution < -0.4 is 0 Å². The SMILES string of the molecule is C=CCN1C(=O)c2[nH]nc(-c3cc(Cl)c(C)cc3O)c2C1c1cccc(Cl)c1. The van der Waals surface area contributed by atoms with Crippen LogP contribution in [0.15, 0.2) is 49.1 Å². The van der Waals surface area contributed by atoms with Gasteiger partial charge < -0.3 is 10.0 Å². The van der Waals surface area contributed by atoms with Crippen molar-refractivity contribution >= 4 is 29.1 Å².